The van der Waals surface area contributed by atoms with Gasteiger partial charge in [-0.05, 0) is 42.9 Å². The summed E-state index contributed by atoms with van der Waals surface area (Å²) in [6.45, 7) is 7.77. The third-order valence-corrected chi connectivity index (χ3v) is 10.1. The van der Waals surface area contributed by atoms with Crippen molar-refractivity contribution in [3.05, 3.63) is 0 Å². The van der Waals surface area contributed by atoms with Crippen LogP contribution in [0.15, 0.2) is 0 Å². The lowest BCUT2D eigenvalue weighted by Crippen LogP contribution is -2.48. The van der Waals surface area contributed by atoms with Gasteiger partial charge in [-0.3, -0.25) is 0 Å². The van der Waals surface area contributed by atoms with Gasteiger partial charge in [0.05, 0.1) is 0 Å². The second-order valence-electron chi connectivity index (χ2n) is 5.96. The first-order chi connectivity index (χ1) is 6.07. The summed E-state index contributed by atoms with van der Waals surface area (Å²) in [5, 5.41) is 1.68. The maximum atomic E-state index is 2.60. The molecule has 0 radical (unpaired) electrons. The van der Waals surface area contributed by atoms with Crippen molar-refractivity contribution >= 4 is 7.92 Å². The maximum Gasteiger partial charge on any atom is 0.00552 e. The van der Waals surface area contributed by atoms with Crippen LogP contribution in [0.2, 0.25) is 0 Å². The molecule has 0 aromatic heterocycles. The molecule has 74 valence electrons. The van der Waals surface area contributed by atoms with Gasteiger partial charge in [-0.2, -0.15) is 0 Å². The van der Waals surface area contributed by atoms with E-state index in [1.54, 1.807) is 12.8 Å². The Morgan fingerprint density at radius 3 is 2.23 bits per heavy atom. The molecule has 1 heteroatoms. The van der Waals surface area contributed by atoms with Crippen LogP contribution in [0.3, 0.4) is 0 Å². The topological polar surface area (TPSA) is 0 Å². The Morgan fingerprint density at radius 1 is 0.923 bits per heavy atom. The third kappa shape index (κ3) is 0.685. The summed E-state index contributed by atoms with van der Waals surface area (Å²) in [5.74, 6) is 0. The Bertz CT molecular complexity index is 252. The molecule has 0 N–H and O–H groups in total. The molecule has 3 aliphatic rings. The molecule has 1 saturated heterocycles. The fraction of sp³-hybridized carbons (Fsp3) is 1.00. The quantitative estimate of drug-likeness (QED) is 0.514. The van der Waals surface area contributed by atoms with Gasteiger partial charge in [0.25, 0.3) is 0 Å². The highest BCUT2D eigenvalue weighted by atomic mass is 31.1. The summed E-state index contributed by atoms with van der Waals surface area (Å²) in [6, 6.07) is 0. The zero-order chi connectivity index (χ0) is 9.32. The Balaban J connectivity index is 2.02. The van der Waals surface area contributed by atoms with Crippen molar-refractivity contribution in [3.63, 3.8) is 0 Å². The van der Waals surface area contributed by atoms with Gasteiger partial charge in [-0.25, -0.2) is 0 Å². The zero-order valence-corrected chi connectivity index (χ0v) is 10.1. The van der Waals surface area contributed by atoms with Crippen LogP contribution in [0.1, 0.15) is 52.4 Å². The van der Waals surface area contributed by atoms with Crippen molar-refractivity contribution in [2.24, 2.45) is 5.41 Å². The minimum absolute atomic E-state index is 0.383. The van der Waals surface area contributed by atoms with E-state index in [4.69, 9.17) is 0 Å². The smallest absolute Gasteiger partial charge is 0.00552 e. The molecule has 4 atom stereocenters. The predicted molar refractivity (Wildman–Crippen MR) is 59.8 cm³/mol. The van der Waals surface area contributed by atoms with Gasteiger partial charge in [0.15, 0.2) is 0 Å². The molecule has 3 rings (SSSR count). The van der Waals surface area contributed by atoms with E-state index in [1.165, 1.54) is 25.7 Å². The largest absolute Gasteiger partial charge is 0.0950 e. The Hall–Kier alpha value is 0.430. The van der Waals surface area contributed by atoms with Crippen molar-refractivity contribution in [3.8, 4) is 0 Å². The van der Waals surface area contributed by atoms with E-state index in [1.807, 2.05) is 0 Å². The van der Waals surface area contributed by atoms with E-state index >= 15 is 0 Å². The SMILES string of the molecule is CP1C2(C)CCCCC3(C)CCC132. The maximum absolute atomic E-state index is 2.60. The molecular formula is C12H21P. The van der Waals surface area contributed by atoms with Crippen LogP contribution in [0.25, 0.3) is 0 Å². The molecule has 0 aromatic carbocycles. The van der Waals surface area contributed by atoms with Gasteiger partial charge in [-0.15, -0.1) is 0 Å². The Morgan fingerprint density at radius 2 is 1.62 bits per heavy atom. The van der Waals surface area contributed by atoms with Crippen LogP contribution >= 0.6 is 7.92 Å². The summed E-state index contributed by atoms with van der Waals surface area (Å²) >= 11 is 0. The van der Waals surface area contributed by atoms with Crippen LogP contribution in [0, 0.1) is 5.41 Å². The van der Waals surface area contributed by atoms with Gasteiger partial charge in [0.1, 0.15) is 0 Å². The predicted octanol–water partition coefficient (Wildman–Crippen LogP) is 3.98. The average molecular weight is 196 g/mol. The summed E-state index contributed by atoms with van der Waals surface area (Å²) in [4.78, 5) is 0. The van der Waals surface area contributed by atoms with Gasteiger partial charge in [0.2, 0.25) is 0 Å². The fourth-order valence-electron chi connectivity index (χ4n) is 4.74. The normalized spacial score (nSPS) is 64.4. The monoisotopic (exact) mass is 196 g/mol. The molecule has 0 amide bonds. The lowest BCUT2D eigenvalue weighted by atomic mass is 9.56. The minimum Gasteiger partial charge on any atom is -0.0950 e. The molecule has 1 heterocycles. The second-order valence-corrected chi connectivity index (χ2v) is 8.83. The Kier molecular flexibility index (Phi) is 1.45. The lowest BCUT2D eigenvalue weighted by molar-refractivity contribution is 0.0879. The third-order valence-electron chi connectivity index (χ3n) is 5.83. The van der Waals surface area contributed by atoms with Gasteiger partial charge in [0, 0.05) is 5.16 Å². The molecule has 1 spiro atoms. The average Bonchev–Trinajstić information content (AvgIpc) is 2.60. The van der Waals surface area contributed by atoms with Crippen molar-refractivity contribution < 1.29 is 0 Å². The van der Waals surface area contributed by atoms with Crippen molar-refractivity contribution in [2.75, 3.05) is 6.66 Å². The van der Waals surface area contributed by atoms with E-state index in [2.05, 4.69) is 20.5 Å². The Labute approximate surface area is 83.2 Å². The summed E-state index contributed by atoms with van der Waals surface area (Å²) in [6.07, 6.45) is 9.22. The van der Waals surface area contributed by atoms with Crippen molar-refractivity contribution in [1.82, 2.24) is 0 Å². The highest BCUT2D eigenvalue weighted by Gasteiger charge is 2.80. The second kappa shape index (κ2) is 2.16. The lowest BCUT2D eigenvalue weighted by Gasteiger charge is -2.50. The van der Waals surface area contributed by atoms with Crippen LogP contribution in [-0.4, -0.2) is 17.0 Å². The molecule has 0 aromatic rings. The van der Waals surface area contributed by atoms with Gasteiger partial charge >= 0.3 is 0 Å². The number of hydrogen-bond donors (Lipinski definition) is 0. The number of rotatable bonds is 0. The van der Waals surface area contributed by atoms with Crippen molar-refractivity contribution in [2.45, 2.75) is 62.7 Å². The molecular weight excluding hydrogens is 175 g/mol. The summed E-state index contributed by atoms with van der Waals surface area (Å²) in [7, 11) is 0.383. The zero-order valence-electron chi connectivity index (χ0n) is 9.19. The molecule has 1 aliphatic heterocycles. The highest BCUT2D eigenvalue weighted by Crippen LogP contribution is 2.94. The van der Waals surface area contributed by atoms with Crippen LogP contribution in [0.4, 0.5) is 0 Å². The van der Waals surface area contributed by atoms with Gasteiger partial charge in [-0.1, -0.05) is 34.6 Å². The van der Waals surface area contributed by atoms with Gasteiger partial charge < -0.3 is 0 Å². The molecule has 4 unspecified atom stereocenters. The molecule has 2 aliphatic carbocycles. The number of hydrogen-bond acceptors (Lipinski definition) is 0. The van der Waals surface area contributed by atoms with E-state index in [0.717, 1.165) is 15.7 Å². The van der Waals surface area contributed by atoms with E-state index in [9.17, 15) is 0 Å². The first-order valence-electron chi connectivity index (χ1n) is 5.81. The summed E-state index contributed by atoms with van der Waals surface area (Å²) < 4.78 is 0. The standard InChI is InChI=1S/C12H21P/c1-10-6-4-5-7-11(2)12(10,9-8-10)13(11)3/h4-9H2,1-3H3. The van der Waals surface area contributed by atoms with Crippen LogP contribution in [-0.2, 0) is 0 Å². The van der Waals surface area contributed by atoms with E-state index in [0.29, 0.717) is 7.92 Å². The fourth-order valence-corrected chi connectivity index (χ4v) is 9.05. The minimum atomic E-state index is 0.383. The van der Waals surface area contributed by atoms with Crippen molar-refractivity contribution in [1.29, 1.82) is 0 Å². The van der Waals surface area contributed by atoms with E-state index < -0.39 is 0 Å². The molecule has 0 bridgehead atoms. The summed E-state index contributed by atoms with van der Waals surface area (Å²) in [5.41, 5.74) is 0.776. The van der Waals surface area contributed by atoms with Crippen LogP contribution in [0.5, 0.6) is 0 Å². The first-order valence-corrected chi connectivity index (χ1v) is 7.60. The first kappa shape index (κ1) is 8.72. The van der Waals surface area contributed by atoms with E-state index in [-0.39, 0.29) is 0 Å². The molecule has 13 heavy (non-hydrogen) atoms. The molecule has 3 fully saturated rings. The highest BCUT2D eigenvalue weighted by molar-refractivity contribution is 7.69. The van der Waals surface area contributed by atoms with Crippen LogP contribution < -0.4 is 0 Å². The molecule has 0 nitrogen and oxygen atoms in total. The molecule has 2 saturated carbocycles.